The minimum atomic E-state index is -0.147. The van der Waals surface area contributed by atoms with Gasteiger partial charge in [-0.1, -0.05) is 60.3 Å². The Morgan fingerprint density at radius 2 is 1.73 bits per heavy atom. The van der Waals surface area contributed by atoms with Crippen molar-refractivity contribution < 1.29 is 9.15 Å². The van der Waals surface area contributed by atoms with Crippen LogP contribution in [-0.2, 0) is 12.2 Å². The average molecular weight is 457 g/mol. The standard InChI is InChI=1S/C25H20N4O3S/c1-31-19-11-7-10-18(15-19)29-24(30)20-12-5-6-13-21(20)26-25(29)33-16-23-28-27-22(32-23)14-17-8-3-2-4-9-17/h2-13,15H,14,16H2,1H3. The quantitative estimate of drug-likeness (QED) is 0.260. The lowest BCUT2D eigenvalue weighted by atomic mass is 10.2. The number of fused-ring (bicyclic) bond motifs is 1. The van der Waals surface area contributed by atoms with E-state index in [2.05, 4.69) is 10.2 Å². The van der Waals surface area contributed by atoms with Gasteiger partial charge in [0.25, 0.3) is 5.56 Å². The van der Waals surface area contributed by atoms with Gasteiger partial charge in [-0.2, -0.15) is 0 Å². The third kappa shape index (κ3) is 4.51. The van der Waals surface area contributed by atoms with Gasteiger partial charge in [0.1, 0.15) is 5.75 Å². The average Bonchev–Trinajstić information content (AvgIpc) is 3.30. The highest BCUT2D eigenvalue weighted by atomic mass is 32.2. The number of ether oxygens (including phenoxy) is 1. The van der Waals surface area contributed by atoms with Crippen molar-refractivity contribution in [1.82, 2.24) is 19.7 Å². The van der Waals surface area contributed by atoms with E-state index in [9.17, 15) is 4.79 Å². The molecule has 0 amide bonds. The van der Waals surface area contributed by atoms with Gasteiger partial charge < -0.3 is 9.15 Å². The highest BCUT2D eigenvalue weighted by Gasteiger charge is 2.16. The van der Waals surface area contributed by atoms with Gasteiger partial charge in [0, 0.05) is 6.07 Å². The SMILES string of the molecule is COc1cccc(-n2c(SCc3nnc(Cc4ccccc4)o3)nc3ccccc3c2=O)c1. The van der Waals surface area contributed by atoms with Gasteiger partial charge in [0.15, 0.2) is 5.16 Å². The number of hydrogen-bond donors (Lipinski definition) is 0. The van der Waals surface area contributed by atoms with E-state index >= 15 is 0 Å². The van der Waals surface area contributed by atoms with E-state index in [0.29, 0.717) is 51.5 Å². The summed E-state index contributed by atoms with van der Waals surface area (Å²) in [6.45, 7) is 0. The van der Waals surface area contributed by atoms with Crippen LogP contribution >= 0.6 is 11.8 Å². The maximum Gasteiger partial charge on any atom is 0.266 e. The lowest BCUT2D eigenvalue weighted by molar-refractivity contribution is 0.414. The lowest BCUT2D eigenvalue weighted by Crippen LogP contribution is -2.21. The summed E-state index contributed by atoms with van der Waals surface area (Å²) < 4.78 is 12.8. The first-order valence-corrected chi connectivity index (χ1v) is 11.3. The Morgan fingerprint density at radius 1 is 0.939 bits per heavy atom. The van der Waals surface area contributed by atoms with E-state index in [0.717, 1.165) is 5.56 Å². The van der Waals surface area contributed by atoms with Gasteiger partial charge in [-0.05, 0) is 29.8 Å². The number of rotatable bonds is 7. The zero-order valence-electron chi connectivity index (χ0n) is 17.8. The van der Waals surface area contributed by atoms with E-state index in [1.807, 2.05) is 72.8 Å². The van der Waals surface area contributed by atoms with Crippen molar-refractivity contribution >= 4 is 22.7 Å². The fourth-order valence-corrected chi connectivity index (χ4v) is 4.35. The maximum absolute atomic E-state index is 13.4. The number of hydrogen-bond acceptors (Lipinski definition) is 7. The van der Waals surface area contributed by atoms with Gasteiger partial charge >= 0.3 is 0 Å². The molecule has 3 aromatic carbocycles. The monoisotopic (exact) mass is 456 g/mol. The predicted octanol–water partition coefficient (Wildman–Crippen LogP) is 4.66. The Bertz CT molecular complexity index is 1460. The minimum absolute atomic E-state index is 0.147. The fourth-order valence-electron chi connectivity index (χ4n) is 3.50. The van der Waals surface area contributed by atoms with E-state index in [1.54, 1.807) is 17.7 Å². The number of nitrogens with zero attached hydrogens (tertiary/aromatic N) is 4. The van der Waals surface area contributed by atoms with Crippen LogP contribution in [0.3, 0.4) is 0 Å². The van der Waals surface area contributed by atoms with Crippen LogP contribution in [0.4, 0.5) is 0 Å². The molecule has 0 atom stereocenters. The Kier molecular flexibility index (Phi) is 5.91. The summed E-state index contributed by atoms with van der Waals surface area (Å²) in [5.41, 5.74) is 2.27. The Hall–Kier alpha value is -3.91. The molecule has 0 fully saturated rings. The molecule has 2 heterocycles. The lowest BCUT2D eigenvalue weighted by Gasteiger charge is -2.13. The van der Waals surface area contributed by atoms with E-state index in [4.69, 9.17) is 14.1 Å². The molecule has 8 heteroatoms. The normalized spacial score (nSPS) is 11.1. The van der Waals surface area contributed by atoms with Crippen molar-refractivity contribution in [3.05, 3.63) is 107 Å². The second-order valence-corrected chi connectivity index (χ2v) is 8.24. The van der Waals surface area contributed by atoms with Crippen LogP contribution in [0, 0.1) is 0 Å². The Morgan fingerprint density at radius 3 is 2.58 bits per heavy atom. The van der Waals surface area contributed by atoms with Gasteiger partial charge in [-0.3, -0.25) is 9.36 Å². The van der Waals surface area contributed by atoms with Crippen LogP contribution in [0.5, 0.6) is 5.75 Å². The summed E-state index contributed by atoms with van der Waals surface area (Å²) in [6.07, 6.45) is 0.571. The molecule has 0 unspecified atom stereocenters. The van der Waals surface area contributed by atoms with E-state index in [1.165, 1.54) is 11.8 Å². The molecule has 0 N–H and O–H groups in total. The highest BCUT2D eigenvalue weighted by Crippen LogP contribution is 2.26. The zero-order chi connectivity index (χ0) is 22.6. The summed E-state index contributed by atoms with van der Waals surface area (Å²) in [7, 11) is 1.60. The van der Waals surface area contributed by atoms with Gasteiger partial charge in [0.2, 0.25) is 11.8 Å². The molecule has 0 saturated carbocycles. The second-order valence-electron chi connectivity index (χ2n) is 7.29. The number of para-hydroxylation sites is 1. The molecule has 0 radical (unpaired) electrons. The molecule has 0 bridgehead atoms. The molecule has 0 aliphatic carbocycles. The Balaban J connectivity index is 1.47. The molecular weight excluding hydrogens is 436 g/mol. The van der Waals surface area contributed by atoms with E-state index < -0.39 is 0 Å². The smallest absolute Gasteiger partial charge is 0.266 e. The first-order chi connectivity index (χ1) is 16.2. The van der Waals surface area contributed by atoms with Crippen LogP contribution in [-0.4, -0.2) is 26.9 Å². The fraction of sp³-hybridized carbons (Fsp3) is 0.120. The summed E-state index contributed by atoms with van der Waals surface area (Å²) in [6, 6.07) is 24.6. The number of thioether (sulfide) groups is 1. The van der Waals surface area contributed by atoms with Gasteiger partial charge in [0.05, 0.1) is 35.9 Å². The van der Waals surface area contributed by atoms with Crippen LogP contribution in [0.15, 0.2) is 93.2 Å². The number of methoxy groups -OCH3 is 1. The molecule has 33 heavy (non-hydrogen) atoms. The van der Waals surface area contributed by atoms with Crippen molar-refractivity contribution in [2.24, 2.45) is 0 Å². The number of benzene rings is 3. The molecule has 0 spiro atoms. The van der Waals surface area contributed by atoms with Crippen molar-refractivity contribution in [3.63, 3.8) is 0 Å². The zero-order valence-corrected chi connectivity index (χ0v) is 18.7. The van der Waals surface area contributed by atoms with Gasteiger partial charge in [-0.15, -0.1) is 10.2 Å². The summed E-state index contributed by atoms with van der Waals surface area (Å²) >= 11 is 1.37. The van der Waals surface area contributed by atoms with Crippen molar-refractivity contribution in [2.75, 3.05) is 7.11 Å². The molecule has 5 rings (SSSR count). The molecule has 0 aliphatic heterocycles. The van der Waals surface area contributed by atoms with Crippen LogP contribution in [0.1, 0.15) is 17.3 Å². The van der Waals surface area contributed by atoms with Crippen LogP contribution < -0.4 is 10.3 Å². The molecule has 5 aromatic rings. The molecule has 0 aliphatic rings. The summed E-state index contributed by atoms with van der Waals surface area (Å²) in [5, 5.41) is 9.41. The predicted molar refractivity (Wildman–Crippen MR) is 127 cm³/mol. The van der Waals surface area contributed by atoms with Gasteiger partial charge in [-0.25, -0.2) is 4.98 Å². The third-order valence-corrected chi connectivity index (χ3v) is 6.01. The molecule has 7 nitrogen and oxygen atoms in total. The molecule has 0 saturated heterocycles. The first kappa shape index (κ1) is 21.0. The van der Waals surface area contributed by atoms with Crippen molar-refractivity contribution in [2.45, 2.75) is 17.3 Å². The molecule has 164 valence electrons. The largest absolute Gasteiger partial charge is 0.497 e. The third-order valence-electron chi connectivity index (χ3n) is 5.09. The van der Waals surface area contributed by atoms with E-state index in [-0.39, 0.29) is 5.56 Å². The molecular formula is C25H20N4O3S. The van der Waals surface area contributed by atoms with Crippen molar-refractivity contribution in [3.8, 4) is 11.4 Å². The van der Waals surface area contributed by atoms with Crippen LogP contribution in [0.2, 0.25) is 0 Å². The number of aromatic nitrogens is 4. The molecule has 2 aromatic heterocycles. The maximum atomic E-state index is 13.4. The van der Waals surface area contributed by atoms with Crippen molar-refractivity contribution in [1.29, 1.82) is 0 Å². The summed E-state index contributed by atoms with van der Waals surface area (Å²) in [4.78, 5) is 18.1. The summed E-state index contributed by atoms with van der Waals surface area (Å²) in [5.74, 6) is 2.07. The second kappa shape index (κ2) is 9.30. The Labute approximate surface area is 194 Å². The first-order valence-electron chi connectivity index (χ1n) is 10.4. The topological polar surface area (TPSA) is 83.0 Å². The minimum Gasteiger partial charge on any atom is -0.497 e. The highest BCUT2D eigenvalue weighted by molar-refractivity contribution is 7.98. The van der Waals surface area contributed by atoms with Crippen LogP contribution in [0.25, 0.3) is 16.6 Å².